The Bertz CT molecular complexity index is 1330. The normalized spacial score (nSPS) is 17.2. The summed E-state index contributed by atoms with van der Waals surface area (Å²) in [6, 6.07) is 23.4. The Morgan fingerprint density at radius 2 is 1.59 bits per heavy atom. The number of carboxylic acids is 1. The van der Waals surface area contributed by atoms with Gasteiger partial charge in [-0.1, -0.05) is 78.9 Å². The Balaban J connectivity index is 0.00000462. The summed E-state index contributed by atoms with van der Waals surface area (Å²) in [6.45, 7) is 1.39. The quantitative estimate of drug-likeness (QED) is 0.183. The summed E-state index contributed by atoms with van der Waals surface area (Å²) in [6.07, 6.45) is -4.73. The van der Waals surface area contributed by atoms with E-state index in [1.54, 1.807) is 54.6 Å². The molecule has 0 saturated carbocycles. The number of nitrogens with zero attached hydrogens (tertiary/aromatic N) is 3. The van der Waals surface area contributed by atoms with Crippen LogP contribution in [0.2, 0.25) is 0 Å². The number of halogens is 3. The minimum absolute atomic E-state index is 0. The van der Waals surface area contributed by atoms with Crippen molar-refractivity contribution >= 4 is 23.3 Å². The fourth-order valence-electron chi connectivity index (χ4n) is 4.86. The Kier molecular flexibility index (Phi) is 11.7. The maximum Gasteiger partial charge on any atom is 2.00 e. The second-order valence-corrected chi connectivity index (χ2v) is 9.77. The maximum atomic E-state index is 13.4. The maximum absolute atomic E-state index is 13.4. The molecule has 218 valence electrons. The fraction of sp³-hybridized carbons (Fsp3) is 0.323. The first kappa shape index (κ1) is 32.0. The van der Waals surface area contributed by atoms with Gasteiger partial charge in [-0.15, -0.1) is 0 Å². The third-order valence-corrected chi connectivity index (χ3v) is 6.81. The molecule has 1 heterocycles. The van der Waals surface area contributed by atoms with E-state index in [1.165, 1.54) is 0 Å². The molecule has 0 aromatic heterocycles. The van der Waals surface area contributed by atoms with Crippen molar-refractivity contribution in [2.45, 2.75) is 56.9 Å². The van der Waals surface area contributed by atoms with Crippen molar-refractivity contribution in [2.75, 3.05) is 6.54 Å². The number of likely N-dealkylation sites (tertiary alicyclic amines) is 1. The van der Waals surface area contributed by atoms with Crippen LogP contribution in [-0.4, -0.2) is 47.3 Å². The summed E-state index contributed by atoms with van der Waals surface area (Å²) in [5.74, 6) is -1.88. The smallest absolute Gasteiger partial charge is 0.861 e. The van der Waals surface area contributed by atoms with Crippen LogP contribution in [0.4, 0.5) is 18.9 Å². The number of rotatable bonds is 11. The first-order valence-corrected chi connectivity index (χ1v) is 13.2. The van der Waals surface area contributed by atoms with E-state index in [2.05, 4.69) is 14.9 Å². The van der Waals surface area contributed by atoms with Gasteiger partial charge in [0.2, 0.25) is 0 Å². The number of aliphatic carboxylic acids is 1. The van der Waals surface area contributed by atoms with Crippen molar-refractivity contribution in [3.8, 4) is 0 Å². The third kappa shape index (κ3) is 9.27. The number of carbonyl (C=O) groups is 1. The van der Waals surface area contributed by atoms with E-state index in [9.17, 15) is 28.2 Å². The number of para-hydroxylation sites is 1. The Labute approximate surface area is 247 Å². The number of aliphatic imine (C=N–C) groups is 2. The molecule has 0 amide bonds. The molecule has 0 radical (unpaired) electrons. The molecule has 3 aromatic rings. The molecular weight excluding hydrogens is 578 g/mol. The molecule has 2 atom stereocenters. The second-order valence-electron chi connectivity index (χ2n) is 9.77. The molecule has 1 aliphatic heterocycles. The predicted octanol–water partition coefficient (Wildman–Crippen LogP) is 4.43. The van der Waals surface area contributed by atoms with Gasteiger partial charge in [0.25, 0.3) is 0 Å². The number of hydrogen-bond acceptors (Lipinski definition) is 6. The van der Waals surface area contributed by atoms with Gasteiger partial charge in [0.05, 0.1) is 23.4 Å². The van der Waals surface area contributed by atoms with Gasteiger partial charge in [-0.2, -0.15) is 13.2 Å². The summed E-state index contributed by atoms with van der Waals surface area (Å²) < 4.78 is 38.1. The van der Waals surface area contributed by atoms with E-state index in [4.69, 9.17) is 0 Å². The summed E-state index contributed by atoms with van der Waals surface area (Å²) in [5.41, 5.74) is 2.60. The molecule has 10 heteroatoms. The van der Waals surface area contributed by atoms with Crippen LogP contribution in [0.15, 0.2) is 94.9 Å². The van der Waals surface area contributed by atoms with Crippen LogP contribution in [0, 0.1) is 0 Å². The first-order valence-electron chi connectivity index (χ1n) is 13.2. The number of hydrogen-bond donors (Lipinski definition) is 0. The minimum Gasteiger partial charge on any atom is -0.861 e. The predicted molar refractivity (Wildman–Crippen MR) is 144 cm³/mol. The van der Waals surface area contributed by atoms with Crippen LogP contribution in [0.3, 0.4) is 0 Å². The minimum atomic E-state index is -4.40. The molecule has 0 N–H and O–H groups in total. The monoisotopic (exact) mass is 607 g/mol. The Hall–Kier alpha value is -3.49. The van der Waals surface area contributed by atoms with E-state index in [0.29, 0.717) is 29.8 Å². The van der Waals surface area contributed by atoms with Gasteiger partial charge in [-0.3, -0.25) is 14.9 Å². The number of carboxylic acid groups (broad SMARTS) is 1. The van der Waals surface area contributed by atoms with E-state index in [-0.39, 0.29) is 34.5 Å². The molecule has 1 fully saturated rings. The molecule has 6 nitrogen and oxygen atoms in total. The van der Waals surface area contributed by atoms with Crippen LogP contribution >= 0.6 is 0 Å². The van der Waals surface area contributed by atoms with Gasteiger partial charge in [-0.25, -0.2) is 0 Å². The van der Waals surface area contributed by atoms with E-state index in [1.807, 2.05) is 30.3 Å². The van der Waals surface area contributed by atoms with Crippen molar-refractivity contribution in [1.29, 1.82) is 0 Å². The average Bonchev–Trinajstić information content (AvgIpc) is 3.39. The van der Waals surface area contributed by atoms with Crippen molar-refractivity contribution in [3.05, 3.63) is 102 Å². The molecule has 41 heavy (non-hydrogen) atoms. The number of carbonyl (C=O) groups excluding carboxylic acids is 1. The zero-order valence-electron chi connectivity index (χ0n) is 22.2. The molecule has 1 aliphatic rings. The number of benzene rings is 3. The Morgan fingerprint density at radius 3 is 2.24 bits per heavy atom. The van der Waals surface area contributed by atoms with Gasteiger partial charge in [0, 0.05) is 30.1 Å². The van der Waals surface area contributed by atoms with Gasteiger partial charge in [0.15, 0.2) is 0 Å². The van der Waals surface area contributed by atoms with Crippen molar-refractivity contribution in [3.63, 3.8) is 0 Å². The average molecular weight is 608 g/mol. The first-order chi connectivity index (χ1) is 19.2. The van der Waals surface area contributed by atoms with Crippen molar-refractivity contribution in [2.24, 2.45) is 9.98 Å². The zero-order chi connectivity index (χ0) is 28.5. The molecule has 0 bridgehead atoms. The van der Waals surface area contributed by atoms with E-state index in [0.717, 1.165) is 18.5 Å². The SMILES string of the molecule is O=C([O-])[C@@H](CCCC(F)(F)F)N=C(c1ccccc1)c1ccccc1N=C([O-])[C@H]1CCCN1Cc1ccccc1.[Ni+2]. The summed E-state index contributed by atoms with van der Waals surface area (Å²) >= 11 is 0. The second kappa shape index (κ2) is 14.9. The van der Waals surface area contributed by atoms with E-state index < -0.39 is 37.1 Å². The number of alkyl halides is 3. The van der Waals surface area contributed by atoms with Crippen LogP contribution in [0.5, 0.6) is 0 Å². The van der Waals surface area contributed by atoms with Crippen molar-refractivity contribution in [1.82, 2.24) is 4.90 Å². The van der Waals surface area contributed by atoms with E-state index >= 15 is 0 Å². The van der Waals surface area contributed by atoms with Crippen molar-refractivity contribution < 1.29 is 44.7 Å². The van der Waals surface area contributed by atoms with Crippen LogP contribution in [-0.2, 0) is 27.8 Å². The standard InChI is InChI=1S/C31H32F3N3O3.Ni/c32-31(33,34)19-9-17-26(30(39)40)35-28(23-13-5-2-6-14-23)24-15-7-8-16-25(24)36-29(38)27-18-10-20-37(27)21-22-11-3-1-4-12-22;/h1-8,11-16,26-27H,9-10,17-21H2,(H,36,38)(H,39,40);/q;+2/p-2/t26-,27-;/m1./s1. The topological polar surface area (TPSA) is 91.1 Å². The van der Waals surface area contributed by atoms with Crippen LogP contribution < -0.4 is 10.2 Å². The van der Waals surface area contributed by atoms with Gasteiger partial charge < -0.3 is 15.0 Å². The van der Waals surface area contributed by atoms with Crippen LogP contribution in [0.25, 0.3) is 0 Å². The largest absolute Gasteiger partial charge is 2.00 e. The molecule has 0 aliphatic carbocycles. The summed E-state index contributed by atoms with van der Waals surface area (Å²) in [7, 11) is 0. The molecule has 1 saturated heterocycles. The third-order valence-electron chi connectivity index (χ3n) is 6.81. The molecule has 0 spiro atoms. The molecular formula is C31H30F3N3NiO3. The molecule has 0 unspecified atom stereocenters. The summed E-state index contributed by atoms with van der Waals surface area (Å²) in [4.78, 5) is 22.8. The van der Waals surface area contributed by atoms with Crippen LogP contribution in [0.1, 0.15) is 48.8 Å². The zero-order valence-corrected chi connectivity index (χ0v) is 23.2. The fourth-order valence-corrected chi connectivity index (χ4v) is 4.86. The molecule has 4 rings (SSSR count). The molecule has 3 aromatic carbocycles. The van der Waals surface area contributed by atoms with Gasteiger partial charge in [0.1, 0.15) is 0 Å². The summed E-state index contributed by atoms with van der Waals surface area (Å²) in [5, 5.41) is 25.3. The van der Waals surface area contributed by atoms with Gasteiger partial charge >= 0.3 is 22.7 Å². The Morgan fingerprint density at radius 1 is 0.951 bits per heavy atom. The van der Waals surface area contributed by atoms with Gasteiger partial charge in [-0.05, 0) is 49.8 Å².